The van der Waals surface area contributed by atoms with Crippen LogP contribution in [0, 0.1) is 11.3 Å². The Morgan fingerprint density at radius 1 is 0.947 bits per heavy atom. The summed E-state index contributed by atoms with van der Waals surface area (Å²) in [5, 5.41) is 20.9. The molecule has 96 valence electrons. The molecule has 0 aliphatic heterocycles. The van der Waals surface area contributed by atoms with Crippen molar-refractivity contribution in [1.29, 1.82) is 5.26 Å². The number of rotatable bonds is 5. The maximum Gasteiger partial charge on any atom is 0.0991 e. The fourth-order valence-corrected chi connectivity index (χ4v) is 1.82. The number of anilines is 1. The van der Waals surface area contributed by atoms with Crippen molar-refractivity contribution in [3.63, 3.8) is 0 Å². The number of aliphatic hydroxyl groups is 1. The molecule has 2 rings (SSSR count). The lowest BCUT2D eigenvalue weighted by atomic mass is 10.1. The minimum absolute atomic E-state index is 0.179. The van der Waals surface area contributed by atoms with Gasteiger partial charge in [-0.25, -0.2) is 0 Å². The largest absolute Gasteiger partial charge is 0.396 e. The van der Waals surface area contributed by atoms with Crippen LogP contribution >= 0.6 is 0 Å². The zero-order valence-corrected chi connectivity index (χ0v) is 10.6. The van der Waals surface area contributed by atoms with Gasteiger partial charge in [0.1, 0.15) is 0 Å². The molecule has 0 saturated carbocycles. The summed E-state index contributed by atoms with van der Waals surface area (Å²) in [5.41, 5.74) is 3.99. The highest BCUT2D eigenvalue weighted by atomic mass is 16.2. The summed E-state index contributed by atoms with van der Waals surface area (Å²) in [6.45, 7) is 0.906. The van der Waals surface area contributed by atoms with E-state index >= 15 is 0 Å². The van der Waals surface area contributed by atoms with Crippen molar-refractivity contribution in [3.05, 3.63) is 65.2 Å². The van der Waals surface area contributed by atoms with Gasteiger partial charge in [0.15, 0.2) is 0 Å². The number of benzene rings is 2. The van der Waals surface area contributed by atoms with Gasteiger partial charge in [0.2, 0.25) is 0 Å². The van der Waals surface area contributed by atoms with Gasteiger partial charge < -0.3 is 10.4 Å². The first-order valence-electron chi connectivity index (χ1n) is 6.24. The normalized spacial score (nSPS) is 9.89. The molecule has 0 atom stereocenters. The highest BCUT2D eigenvalue weighted by Crippen LogP contribution is 2.12. The average Bonchev–Trinajstić information content (AvgIpc) is 2.47. The second kappa shape index (κ2) is 6.58. The predicted molar refractivity (Wildman–Crippen MR) is 75.7 cm³/mol. The Morgan fingerprint density at radius 3 is 2.16 bits per heavy atom. The lowest BCUT2D eigenvalue weighted by Gasteiger charge is -2.07. The maximum absolute atomic E-state index is 8.85. The van der Waals surface area contributed by atoms with Crippen LogP contribution in [0.2, 0.25) is 0 Å². The molecule has 0 spiro atoms. The third-order valence-corrected chi connectivity index (χ3v) is 2.93. The van der Waals surface area contributed by atoms with E-state index in [-0.39, 0.29) is 6.61 Å². The lowest BCUT2D eigenvalue weighted by molar-refractivity contribution is 0.299. The average molecular weight is 252 g/mol. The molecule has 0 aliphatic carbocycles. The van der Waals surface area contributed by atoms with Crippen molar-refractivity contribution in [2.75, 3.05) is 11.9 Å². The fourth-order valence-electron chi connectivity index (χ4n) is 1.82. The first-order chi connectivity index (χ1) is 9.31. The topological polar surface area (TPSA) is 56.0 Å². The molecule has 0 amide bonds. The van der Waals surface area contributed by atoms with Crippen LogP contribution in [0.3, 0.4) is 0 Å². The van der Waals surface area contributed by atoms with Crippen molar-refractivity contribution < 1.29 is 5.11 Å². The Labute approximate surface area is 113 Å². The molecule has 0 aliphatic rings. The molecule has 19 heavy (non-hydrogen) atoms. The standard InChI is InChI=1S/C16H16N2O/c17-11-14-1-3-15(4-2-14)12-18-16-7-5-13(6-8-16)9-10-19/h1-8,18-19H,9-10,12H2. The van der Waals surface area contributed by atoms with Crippen molar-refractivity contribution >= 4 is 5.69 Å². The van der Waals surface area contributed by atoms with E-state index in [4.69, 9.17) is 10.4 Å². The van der Waals surface area contributed by atoms with E-state index in [0.717, 1.165) is 23.4 Å². The molecule has 0 unspecified atom stereocenters. The van der Waals surface area contributed by atoms with E-state index in [1.54, 1.807) is 0 Å². The van der Waals surface area contributed by atoms with Crippen LogP contribution in [0.25, 0.3) is 0 Å². The molecule has 2 aromatic rings. The summed E-state index contributed by atoms with van der Waals surface area (Å²) in [6.07, 6.45) is 0.690. The summed E-state index contributed by atoms with van der Waals surface area (Å²) in [4.78, 5) is 0. The molecule has 2 N–H and O–H groups in total. The van der Waals surface area contributed by atoms with Crippen molar-refractivity contribution in [1.82, 2.24) is 0 Å². The lowest BCUT2D eigenvalue weighted by Crippen LogP contribution is -1.99. The maximum atomic E-state index is 8.85. The molecule has 0 bridgehead atoms. The van der Waals surface area contributed by atoms with Gasteiger partial charge in [-0.3, -0.25) is 0 Å². The van der Waals surface area contributed by atoms with E-state index in [1.807, 2.05) is 48.5 Å². The fraction of sp³-hybridized carbons (Fsp3) is 0.188. The van der Waals surface area contributed by atoms with Gasteiger partial charge in [-0.1, -0.05) is 24.3 Å². The van der Waals surface area contributed by atoms with Crippen molar-refractivity contribution in [3.8, 4) is 6.07 Å². The number of aliphatic hydroxyl groups excluding tert-OH is 1. The van der Waals surface area contributed by atoms with Crippen LogP contribution in [0.4, 0.5) is 5.69 Å². The Bertz CT molecular complexity index is 553. The van der Waals surface area contributed by atoms with Crippen LogP contribution in [-0.2, 0) is 13.0 Å². The monoisotopic (exact) mass is 252 g/mol. The number of nitrogens with zero attached hydrogens (tertiary/aromatic N) is 1. The van der Waals surface area contributed by atoms with E-state index in [2.05, 4.69) is 11.4 Å². The second-order valence-electron chi connectivity index (χ2n) is 4.33. The van der Waals surface area contributed by atoms with E-state index < -0.39 is 0 Å². The molecule has 3 nitrogen and oxygen atoms in total. The van der Waals surface area contributed by atoms with Gasteiger partial charge in [-0.2, -0.15) is 5.26 Å². The van der Waals surface area contributed by atoms with Crippen LogP contribution in [0.5, 0.6) is 0 Å². The third-order valence-electron chi connectivity index (χ3n) is 2.93. The SMILES string of the molecule is N#Cc1ccc(CNc2ccc(CCO)cc2)cc1. The van der Waals surface area contributed by atoms with Crippen molar-refractivity contribution in [2.24, 2.45) is 0 Å². The number of hydrogen-bond acceptors (Lipinski definition) is 3. The highest BCUT2D eigenvalue weighted by molar-refractivity contribution is 5.45. The Kier molecular flexibility index (Phi) is 4.54. The van der Waals surface area contributed by atoms with E-state index in [0.29, 0.717) is 12.0 Å². The molecule has 0 fully saturated rings. The molecule has 0 radical (unpaired) electrons. The molecule has 0 aromatic heterocycles. The van der Waals surface area contributed by atoms with Gasteiger partial charge in [-0.05, 0) is 41.8 Å². The van der Waals surface area contributed by atoms with Gasteiger partial charge in [-0.15, -0.1) is 0 Å². The first-order valence-corrected chi connectivity index (χ1v) is 6.24. The Balaban J connectivity index is 1.92. The Hall–Kier alpha value is -2.31. The molecule has 3 heteroatoms. The van der Waals surface area contributed by atoms with Crippen molar-refractivity contribution in [2.45, 2.75) is 13.0 Å². The molecular weight excluding hydrogens is 236 g/mol. The number of nitrogens with one attached hydrogen (secondary N) is 1. The Morgan fingerprint density at radius 2 is 1.58 bits per heavy atom. The highest BCUT2D eigenvalue weighted by Gasteiger charge is 1.96. The summed E-state index contributed by atoms with van der Waals surface area (Å²) >= 11 is 0. The first kappa shape index (κ1) is 13.1. The predicted octanol–water partition coefficient (Wildman–Crippen LogP) is 2.71. The number of nitriles is 1. The summed E-state index contributed by atoms with van der Waals surface area (Å²) in [7, 11) is 0. The zero-order valence-electron chi connectivity index (χ0n) is 10.6. The molecule has 0 saturated heterocycles. The molecule has 2 aromatic carbocycles. The molecule has 0 heterocycles. The summed E-state index contributed by atoms with van der Waals surface area (Å²) in [5.74, 6) is 0. The van der Waals surface area contributed by atoms with Gasteiger partial charge in [0.25, 0.3) is 0 Å². The van der Waals surface area contributed by atoms with Gasteiger partial charge >= 0.3 is 0 Å². The van der Waals surface area contributed by atoms with Crippen LogP contribution < -0.4 is 5.32 Å². The zero-order chi connectivity index (χ0) is 13.5. The van der Waals surface area contributed by atoms with E-state index in [9.17, 15) is 0 Å². The van der Waals surface area contributed by atoms with Gasteiger partial charge in [0, 0.05) is 18.8 Å². The van der Waals surface area contributed by atoms with Gasteiger partial charge in [0.05, 0.1) is 11.6 Å². The van der Waals surface area contributed by atoms with Crippen LogP contribution in [0.1, 0.15) is 16.7 Å². The minimum Gasteiger partial charge on any atom is -0.396 e. The van der Waals surface area contributed by atoms with Crippen LogP contribution in [0.15, 0.2) is 48.5 Å². The summed E-state index contributed by atoms with van der Waals surface area (Å²) < 4.78 is 0. The summed E-state index contributed by atoms with van der Waals surface area (Å²) in [6, 6.07) is 17.7. The molecular formula is C16H16N2O. The number of hydrogen-bond donors (Lipinski definition) is 2. The smallest absolute Gasteiger partial charge is 0.0991 e. The van der Waals surface area contributed by atoms with Crippen LogP contribution in [-0.4, -0.2) is 11.7 Å². The minimum atomic E-state index is 0.179. The third kappa shape index (κ3) is 3.84. The second-order valence-corrected chi connectivity index (χ2v) is 4.33. The van der Waals surface area contributed by atoms with E-state index in [1.165, 1.54) is 0 Å². The quantitative estimate of drug-likeness (QED) is 0.860.